The number of aliphatic imine (C=N–C) groups is 1. The number of nitrogens with zero attached hydrogens (tertiary/aromatic N) is 4. The molecule has 0 bridgehead atoms. The Balaban J connectivity index is 1.23. The molecule has 1 aromatic carbocycles. The van der Waals surface area contributed by atoms with E-state index >= 15 is 0 Å². The molecular formula is C35H47ClN6O4. The van der Waals surface area contributed by atoms with Crippen molar-refractivity contribution in [3.63, 3.8) is 0 Å². The number of hydrogen-bond donors (Lipinski definition) is 2. The lowest BCUT2D eigenvalue weighted by molar-refractivity contribution is -0.151. The summed E-state index contributed by atoms with van der Waals surface area (Å²) in [6.45, 7) is 10.1. The van der Waals surface area contributed by atoms with E-state index in [2.05, 4.69) is 43.0 Å². The number of hydrogen-bond acceptors (Lipinski definition) is 9. The van der Waals surface area contributed by atoms with Gasteiger partial charge in [-0.25, -0.2) is 4.98 Å². The number of benzene rings is 1. The summed E-state index contributed by atoms with van der Waals surface area (Å²) < 4.78 is 19.6. The van der Waals surface area contributed by atoms with Gasteiger partial charge in [0.2, 0.25) is 5.95 Å². The highest BCUT2D eigenvalue weighted by Crippen LogP contribution is 2.36. The third-order valence-corrected chi connectivity index (χ3v) is 9.08. The second kappa shape index (κ2) is 15.4. The molecule has 1 aliphatic carbocycles. The SMILES string of the molecule is COC1C(C)=C(Cn2cc(-c3ccc(OCCCN[C@@H](CC(C)C)C(=O)OC4CCCC4)cc3)c3c(Cl)nc(N)nc32)N=CC1C. The first-order valence-corrected chi connectivity index (χ1v) is 16.8. The summed E-state index contributed by atoms with van der Waals surface area (Å²) in [5, 5.41) is 4.43. The van der Waals surface area contributed by atoms with Crippen LogP contribution in [0.15, 0.2) is 46.7 Å². The second-order valence-electron chi connectivity index (χ2n) is 12.9. The van der Waals surface area contributed by atoms with Crippen molar-refractivity contribution in [2.75, 3.05) is 26.0 Å². The third-order valence-electron chi connectivity index (χ3n) is 8.81. The minimum absolute atomic E-state index is 0.0278. The molecule has 5 rings (SSSR count). The van der Waals surface area contributed by atoms with E-state index in [1.54, 1.807) is 7.11 Å². The van der Waals surface area contributed by atoms with Gasteiger partial charge in [-0.1, -0.05) is 44.5 Å². The molecule has 2 aliphatic rings. The number of carbonyl (C=O) groups is 1. The van der Waals surface area contributed by atoms with E-state index in [0.29, 0.717) is 36.4 Å². The molecule has 3 heterocycles. The van der Waals surface area contributed by atoms with Crippen molar-refractivity contribution < 1.29 is 19.0 Å². The Morgan fingerprint density at radius 2 is 1.91 bits per heavy atom. The van der Waals surface area contributed by atoms with Crippen molar-refractivity contribution in [1.82, 2.24) is 19.9 Å². The Morgan fingerprint density at radius 1 is 1.17 bits per heavy atom. The number of anilines is 1. The Hall–Kier alpha value is -3.47. The standard InChI is InChI=1S/C35H47ClN6O4/c1-21(2)17-28(34(43)46-26-9-6-7-10-26)38-15-8-16-45-25-13-11-24(12-14-25)27-19-42(33-30(27)32(36)40-35(37)41-33)20-29-23(4)31(44-5)22(3)18-39-29/h11-14,18-19,21-22,26,28,31,38H,6-10,15-17,20H2,1-5H3,(H2,37,40,41)/t22?,28-,31?/m0/s1. The fourth-order valence-corrected chi connectivity index (χ4v) is 6.69. The van der Waals surface area contributed by atoms with Crippen molar-refractivity contribution in [3.05, 3.63) is 46.9 Å². The number of esters is 1. The molecule has 2 unspecified atom stereocenters. The summed E-state index contributed by atoms with van der Waals surface area (Å²) in [6, 6.07) is 7.61. The van der Waals surface area contributed by atoms with Crippen molar-refractivity contribution in [2.24, 2.45) is 16.8 Å². The number of nitrogens with one attached hydrogen (secondary N) is 1. The average Bonchev–Trinajstić information content (AvgIpc) is 3.66. The highest BCUT2D eigenvalue weighted by molar-refractivity contribution is 6.35. The van der Waals surface area contributed by atoms with Gasteiger partial charge in [-0.3, -0.25) is 9.79 Å². The highest BCUT2D eigenvalue weighted by Gasteiger charge is 2.27. The Kier molecular flexibility index (Phi) is 11.4. The summed E-state index contributed by atoms with van der Waals surface area (Å²) in [5.41, 5.74) is 10.5. The molecule has 0 spiro atoms. The maximum atomic E-state index is 12.8. The number of aromatic nitrogens is 3. The fraction of sp³-hybridized carbons (Fsp3) is 0.543. The van der Waals surface area contributed by atoms with E-state index in [9.17, 15) is 4.79 Å². The first kappa shape index (κ1) is 33.9. The minimum Gasteiger partial charge on any atom is -0.494 e. The predicted octanol–water partition coefficient (Wildman–Crippen LogP) is 6.60. The van der Waals surface area contributed by atoms with Gasteiger partial charge in [0, 0.05) is 31.0 Å². The summed E-state index contributed by atoms with van der Waals surface area (Å²) in [7, 11) is 1.72. The van der Waals surface area contributed by atoms with E-state index in [1.165, 1.54) is 0 Å². The zero-order chi connectivity index (χ0) is 32.8. The van der Waals surface area contributed by atoms with Crippen LogP contribution in [0.1, 0.15) is 66.2 Å². The number of carbonyl (C=O) groups excluding carboxylic acids is 1. The van der Waals surface area contributed by atoms with Crippen LogP contribution in [0.2, 0.25) is 5.15 Å². The molecule has 0 amide bonds. The molecule has 0 saturated heterocycles. The number of nitrogen functional groups attached to an aromatic ring is 1. The van der Waals surface area contributed by atoms with Gasteiger partial charge in [-0.05, 0) is 81.2 Å². The second-order valence-corrected chi connectivity index (χ2v) is 13.2. The lowest BCUT2D eigenvalue weighted by Gasteiger charge is -2.26. The normalized spacial score (nSPS) is 19.4. The molecule has 3 atom stereocenters. The van der Waals surface area contributed by atoms with Gasteiger partial charge in [0.05, 0.1) is 30.3 Å². The molecule has 46 heavy (non-hydrogen) atoms. The first-order valence-electron chi connectivity index (χ1n) is 16.4. The van der Waals surface area contributed by atoms with Gasteiger partial charge in [0.1, 0.15) is 28.7 Å². The maximum Gasteiger partial charge on any atom is 0.323 e. The van der Waals surface area contributed by atoms with Gasteiger partial charge in [-0.15, -0.1) is 0 Å². The fourth-order valence-electron chi connectivity index (χ4n) is 6.42. The molecule has 1 aliphatic heterocycles. The van der Waals surface area contributed by atoms with Crippen LogP contribution in [-0.2, 0) is 20.8 Å². The highest BCUT2D eigenvalue weighted by atomic mass is 35.5. The topological polar surface area (TPSA) is 126 Å². The number of ether oxygens (including phenoxy) is 3. The molecule has 2 aromatic heterocycles. The number of methoxy groups -OCH3 is 1. The Morgan fingerprint density at radius 3 is 2.61 bits per heavy atom. The van der Waals surface area contributed by atoms with Gasteiger partial charge in [-0.2, -0.15) is 4.98 Å². The first-order chi connectivity index (χ1) is 22.1. The van der Waals surface area contributed by atoms with E-state index in [0.717, 1.165) is 72.1 Å². The molecule has 248 valence electrons. The van der Waals surface area contributed by atoms with E-state index in [1.807, 2.05) is 41.2 Å². The molecule has 1 saturated carbocycles. The molecule has 3 aromatic rings. The van der Waals surface area contributed by atoms with Crippen molar-refractivity contribution in [2.45, 2.75) is 91.0 Å². The molecular weight excluding hydrogens is 604 g/mol. The van der Waals surface area contributed by atoms with Crippen LogP contribution >= 0.6 is 11.6 Å². The van der Waals surface area contributed by atoms with Gasteiger partial charge < -0.3 is 29.8 Å². The number of nitrogens with two attached hydrogens (primary N) is 1. The molecule has 3 N–H and O–H groups in total. The largest absolute Gasteiger partial charge is 0.494 e. The molecule has 1 fully saturated rings. The monoisotopic (exact) mass is 650 g/mol. The molecule has 0 radical (unpaired) electrons. The van der Waals surface area contributed by atoms with Crippen LogP contribution in [0.3, 0.4) is 0 Å². The van der Waals surface area contributed by atoms with Crippen LogP contribution in [0, 0.1) is 11.8 Å². The van der Waals surface area contributed by atoms with Crippen LogP contribution < -0.4 is 15.8 Å². The van der Waals surface area contributed by atoms with E-state index in [4.69, 9.17) is 36.5 Å². The van der Waals surface area contributed by atoms with Gasteiger partial charge in [0.25, 0.3) is 0 Å². The molecule has 11 heteroatoms. The van der Waals surface area contributed by atoms with Crippen LogP contribution in [0.25, 0.3) is 22.2 Å². The van der Waals surface area contributed by atoms with Crippen molar-refractivity contribution in [3.8, 4) is 16.9 Å². The van der Waals surface area contributed by atoms with Crippen LogP contribution in [-0.4, -0.2) is 65.2 Å². The summed E-state index contributed by atoms with van der Waals surface area (Å²) in [5.74, 6) is 1.34. The van der Waals surface area contributed by atoms with Gasteiger partial charge in [0.15, 0.2) is 0 Å². The van der Waals surface area contributed by atoms with Crippen molar-refractivity contribution in [1.29, 1.82) is 0 Å². The summed E-state index contributed by atoms with van der Waals surface area (Å²) >= 11 is 6.64. The van der Waals surface area contributed by atoms with Crippen molar-refractivity contribution >= 4 is 40.8 Å². The van der Waals surface area contributed by atoms with Gasteiger partial charge >= 0.3 is 5.97 Å². The lowest BCUT2D eigenvalue weighted by atomic mass is 9.95. The summed E-state index contributed by atoms with van der Waals surface area (Å²) in [6.07, 6.45) is 9.76. The number of fused-ring (bicyclic) bond motifs is 1. The predicted molar refractivity (Wildman–Crippen MR) is 183 cm³/mol. The summed E-state index contributed by atoms with van der Waals surface area (Å²) in [4.78, 5) is 26.3. The minimum atomic E-state index is -0.289. The van der Waals surface area contributed by atoms with E-state index in [-0.39, 0.29) is 36.1 Å². The lowest BCUT2D eigenvalue weighted by Crippen LogP contribution is -2.41. The zero-order valence-corrected chi connectivity index (χ0v) is 28.3. The van der Waals surface area contributed by atoms with Crippen LogP contribution in [0.5, 0.6) is 5.75 Å². The smallest absolute Gasteiger partial charge is 0.323 e. The Bertz CT molecular complexity index is 1560. The third kappa shape index (κ3) is 8.08. The molecule has 10 nitrogen and oxygen atoms in total. The van der Waals surface area contributed by atoms with E-state index < -0.39 is 0 Å². The average molecular weight is 651 g/mol. The number of rotatable bonds is 14. The quantitative estimate of drug-likeness (QED) is 0.114. The van der Waals surface area contributed by atoms with Crippen LogP contribution in [0.4, 0.5) is 5.95 Å². The number of halogens is 1. The number of allylic oxidation sites excluding steroid dienone is 1. The zero-order valence-electron chi connectivity index (χ0n) is 27.6. The maximum absolute atomic E-state index is 12.8. The Labute approximate surface area is 276 Å².